The summed E-state index contributed by atoms with van der Waals surface area (Å²) in [6, 6.07) is 10.2. The topological polar surface area (TPSA) is 92.8 Å². The van der Waals surface area contributed by atoms with Crippen molar-refractivity contribution in [2.45, 2.75) is 31.0 Å². The van der Waals surface area contributed by atoms with E-state index in [1.807, 2.05) is 17.5 Å². The molecule has 1 amide bonds. The SMILES string of the molecule is COc1cnc(O[C@@H]2C[C@@H](C(C)=O)N(C(=O)CNC3NC(c4ccc(Cl)c(Cl)c4)=CS3)C2)c2cc(Cl)ccc12. The first-order valence-corrected chi connectivity index (χ1v) is 14.2. The van der Waals surface area contributed by atoms with Crippen molar-refractivity contribution < 1.29 is 19.1 Å². The molecule has 204 valence electrons. The van der Waals surface area contributed by atoms with E-state index in [0.29, 0.717) is 38.5 Å². The number of carbonyl (C=O) groups is 2. The number of fused-ring (bicyclic) bond motifs is 1. The Bertz CT molecular complexity index is 1470. The summed E-state index contributed by atoms with van der Waals surface area (Å²) in [7, 11) is 1.57. The number of hydrogen-bond acceptors (Lipinski definition) is 8. The summed E-state index contributed by atoms with van der Waals surface area (Å²) in [4.78, 5) is 31.6. The van der Waals surface area contributed by atoms with Gasteiger partial charge in [0.15, 0.2) is 5.78 Å². The number of hydrogen-bond donors (Lipinski definition) is 2. The number of benzene rings is 2. The molecule has 0 spiro atoms. The molecule has 0 saturated carbocycles. The third-order valence-electron chi connectivity index (χ3n) is 6.60. The van der Waals surface area contributed by atoms with Crippen molar-refractivity contribution in [1.82, 2.24) is 20.5 Å². The molecule has 1 aromatic heterocycles. The van der Waals surface area contributed by atoms with Crippen LogP contribution >= 0.6 is 46.6 Å². The fraction of sp³-hybridized carbons (Fsp3) is 0.296. The highest BCUT2D eigenvalue weighted by Gasteiger charge is 2.39. The Kier molecular flexibility index (Phi) is 8.44. The second-order valence-corrected chi connectivity index (χ2v) is 11.4. The average molecular weight is 608 g/mol. The first kappa shape index (κ1) is 27.9. The van der Waals surface area contributed by atoms with E-state index in [9.17, 15) is 9.59 Å². The van der Waals surface area contributed by atoms with E-state index in [4.69, 9.17) is 44.3 Å². The standard InChI is InChI=1S/C27H25Cl3N4O4S/c1-14(35)23-9-17(38-26-19-8-16(28)4-5-18(19)24(37-2)10-31-26)12-34(23)25(36)11-32-27-33-22(13-39-27)15-3-6-20(29)21(30)7-15/h3-8,10,13,17,23,27,32-33H,9,11-12H2,1-2H3/t17-,23+,27?/m1/s1. The number of Topliss-reactive ketones (excluding diaryl/α,β-unsaturated/α-hetero) is 1. The van der Waals surface area contributed by atoms with Gasteiger partial charge in [-0.3, -0.25) is 14.9 Å². The number of ether oxygens (including phenoxy) is 2. The number of nitrogens with zero attached hydrogens (tertiary/aromatic N) is 2. The molecule has 8 nitrogen and oxygen atoms in total. The van der Waals surface area contributed by atoms with Crippen LogP contribution in [0.4, 0.5) is 0 Å². The van der Waals surface area contributed by atoms with Crippen molar-refractivity contribution in [3.8, 4) is 11.6 Å². The van der Waals surface area contributed by atoms with Crippen LogP contribution in [0.2, 0.25) is 15.1 Å². The van der Waals surface area contributed by atoms with Gasteiger partial charge < -0.3 is 19.7 Å². The van der Waals surface area contributed by atoms with Gasteiger partial charge in [-0.05, 0) is 48.2 Å². The first-order valence-electron chi connectivity index (χ1n) is 12.1. The van der Waals surface area contributed by atoms with Crippen LogP contribution in [-0.2, 0) is 9.59 Å². The third-order valence-corrected chi connectivity index (χ3v) is 8.51. The summed E-state index contributed by atoms with van der Waals surface area (Å²) in [5.41, 5.74) is 1.55. The maximum absolute atomic E-state index is 13.2. The lowest BCUT2D eigenvalue weighted by atomic mass is 10.1. The van der Waals surface area contributed by atoms with Crippen molar-refractivity contribution >= 4 is 74.7 Å². The molecule has 1 saturated heterocycles. The van der Waals surface area contributed by atoms with Gasteiger partial charge in [-0.25, -0.2) is 4.98 Å². The predicted octanol–water partition coefficient (Wildman–Crippen LogP) is 5.35. The van der Waals surface area contributed by atoms with E-state index in [0.717, 1.165) is 16.6 Å². The second-order valence-electron chi connectivity index (χ2n) is 9.17. The molecular formula is C27H25Cl3N4O4S. The summed E-state index contributed by atoms with van der Waals surface area (Å²) < 4.78 is 11.6. The molecule has 2 aliphatic heterocycles. The number of methoxy groups -OCH3 is 1. The van der Waals surface area contributed by atoms with Gasteiger partial charge in [0.1, 0.15) is 17.4 Å². The Morgan fingerprint density at radius 1 is 1.15 bits per heavy atom. The van der Waals surface area contributed by atoms with Crippen LogP contribution in [0.25, 0.3) is 16.5 Å². The molecule has 2 N–H and O–H groups in total. The molecular weight excluding hydrogens is 583 g/mol. The lowest BCUT2D eigenvalue weighted by molar-refractivity contribution is -0.136. The number of aromatic nitrogens is 1. The third kappa shape index (κ3) is 6.07. The summed E-state index contributed by atoms with van der Waals surface area (Å²) in [6.45, 7) is 1.80. The minimum Gasteiger partial charge on any atom is -0.494 e. The number of rotatable bonds is 8. The molecule has 2 aromatic carbocycles. The number of carbonyl (C=O) groups excluding carboxylic acids is 2. The van der Waals surface area contributed by atoms with Crippen molar-refractivity contribution in [2.75, 3.05) is 20.2 Å². The molecule has 2 aliphatic rings. The normalized spacial score (nSPS) is 20.6. The van der Waals surface area contributed by atoms with Crippen LogP contribution in [0.5, 0.6) is 11.6 Å². The van der Waals surface area contributed by atoms with Crippen LogP contribution in [0.1, 0.15) is 18.9 Å². The van der Waals surface area contributed by atoms with Gasteiger partial charge in [-0.1, -0.05) is 52.6 Å². The van der Waals surface area contributed by atoms with Crippen molar-refractivity contribution in [1.29, 1.82) is 0 Å². The number of thioether (sulfide) groups is 1. The lowest BCUT2D eigenvalue weighted by Gasteiger charge is -2.23. The number of ketones is 1. The molecule has 3 heterocycles. The largest absolute Gasteiger partial charge is 0.494 e. The summed E-state index contributed by atoms with van der Waals surface area (Å²) in [5.74, 6) is 0.685. The van der Waals surface area contributed by atoms with Gasteiger partial charge in [-0.2, -0.15) is 0 Å². The molecule has 0 aliphatic carbocycles. The van der Waals surface area contributed by atoms with Crippen LogP contribution in [0.15, 0.2) is 48.0 Å². The molecule has 3 aromatic rings. The van der Waals surface area contributed by atoms with Crippen molar-refractivity contribution in [2.24, 2.45) is 0 Å². The fourth-order valence-corrected chi connectivity index (χ4v) is 5.99. The Morgan fingerprint density at radius 3 is 2.72 bits per heavy atom. The van der Waals surface area contributed by atoms with E-state index in [1.54, 1.807) is 42.5 Å². The molecule has 12 heteroatoms. The number of amides is 1. The number of halogens is 3. The molecule has 5 rings (SSSR count). The summed E-state index contributed by atoms with van der Waals surface area (Å²) >= 11 is 19.9. The Labute approximate surface area is 245 Å². The van der Waals surface area contributed by atoms with Crippen molar-refractivity contribution in [3.63, 3.8) is 0 Å². The summed E-state index contributed by atoms with van der Waals surface area (Å²) in [5, 5.41) is 11.5. The first-order chi connectivity index (χ1) is 18.7. The molecule has 0 bridgehead atoms. The van der Waals surface area contributed by atoms with Gasteiger partial charge in [0.25, 0.3) is 0 Å². The van der Waals surface area contributed by atoms with Gasteiger partial charge in [0.2, 0.25) is 11.8 Å². The number of likely N-dealkylation sites (tertiary alicyclic amines) is 1. The highest BCUT2D eigenvalue weighted by Crippen LogP contribution is 2.35. The van der Waals surface area contributed by atoms with E-state index >= 15 is 0 Å². The van der Waals surface area contributed by atoms with Crippen molar-refractivity contribution in [3.05, 3.63) is 68.6 Å². The fourth-order valence-electron chi connectivity index (χ4n) is 4.66. The van der Waals surface area contributed by atoms with Gasteiger partial charge in [0, 0.05) is 27.9 Å². The maximum Gasteiger partial charge on any atom is 0.237 e. The Balaban J connectivity index is 1.22. The Hall–Kier alpha value is -2.69. The zero-order valence-electron chi connectivity index (χ0n) is 21.0. The van der Waals surface area contributed by atoms with E-state index in [-0.39, 0.29) is 30.3 Å². The number of pyridine rings is 1. The van der Waals surface area contributed by atoms with Crippen LogP contribution in [0.3, 0.4) is 0 Å². The van der Waals surface area contributed by atoms with E-state index < -0.39 is 12.1 Å². The predicted molar refractivity (Wildman–Crippen MR) is 155 cm³/mol. The maximum atomic E-state index is 13.2. The minimum atomic E-state index is -0.577. The zero-order chi connectivity index (χ0) is 27.7. The second kappa shape index (κ2) is 11.8. The van der Waals surface area contributed by atoms with Gasteiger partial charge in [0.05, 0.1) is 42.5 Å². The van der Waals surface area contributed by atoms with Gasteiger partial charge in [-0.15, -0.1) is 0 Å². The molecule has 3 atom stereocenters. The molecule has 39 heavy (non-hydrogen) atoms. The highest BCUT2D eigenvalue weighted by molar-refractivity contribution is 8.03. The highest BCUT2D eigenvalue weighted by atomic mass is 35.5. The molecule has 0 radical (unpaired) electrons. The quantitative estimate of drug-likeness (QED) is 0.354. The number of nitrogens with one attached hydrogen (secondary N) is 2. The monoisotopic (exact) mass is 606 g/mol. The van der Waals surface area contributed by atoms with E-state index in [2.05, 4.69) is 15.6 Å². The van der Waals surface area contributed by atoms with Crippen LogP contribution < -0.4 is 20.1 Å². The van der Waals surface area contributed by atoms with E-state index in [1.165, 1.54) is 18.7 Å². The minimum absolute atomic E-state index is 0.0446. The zero-order valence-corrected chi connectivity index (χ0v) is 24.1. The average Bonchev–Trinajstić information content (AvgIpc) is 3.57. The van der Waals surface area contributed by atoms with Gasteiger partial charge >= 0.3 is 0 Å². The molecule has 1 fully saturated rings. The Morgan fingerprint density at radius 2 is 1.97 bits per heavy atom. The smallest absolute Gasteiger partial charge is 0.237 e. The van der Waals surface area contributed by atoms with Crippen LogP contribution in [0, 0.1) is 0 Å². The lowest BCUT2D eigenvalue weighted by Crippen LogP contribution is -2.47. The summed E-state index contributed by atoms with van der Waals surface area (Å²) in [6.07, 6.45) is 1.55. The molecule has 1 unspecified atom stereocenters. The van der Waals surface area contributed by atoms with Crippen LogP contribution in [-0.4, -0.2) is 59.4 Å².